The summed E-state index contributed by atoms with van der Waals surface area (Å²) in [5.41, 5.74) is 1.80. The first kappa shape index (κ1) is 20.4. The highest BCUT2D eigenvalue weighted by molar-refractivity contribution is 7.08. The molecule has 3 N–H and O–H groups in total. The van der Waals surface area contributed by atoms with Crippen molar-refractivity contribution in [1.82, 2.24) is 15.3 Å². The van der Waals surface area contributed by atoms with E-state index in [2.05, 4.69) is 22.0 Å². The number of benzene rings is 1. The van der Waals surface area contributed by atoms with Crippen molar-refractivity contribution < 1.29 is 4.79 Å². The number of rotatable bonds is 6. The molecule has 158 valence electrons. The molecule has 0 spiro atoms. The zero-order chi connectivity index (χ0) is 20.9. The summed E-state index contributed by atoms with van der Waals surface area (Å²) in [6, 6.07) is 10.2. The Morgan fingerprint density at radius 1 is 1.13 bits per heavy atom. The molecule has 0 radical (unpaired) electrons. The first-order valence-electron chi connectivity index (χ1n) is 10.4. The number of thiophene rings is 1. The lowest BCUT2D eigenvalue weighted by Gasteiger charge is -2.29. The number of carbonyl (C=O) groups excluding carboxylic acids is 1. The number of anilines is 3. The van der Waals surface area contributed by atoms with Gasteiger partial charge in [0.1, 0.15) is 5.82 Å². The molecule has 2 heterocycles. The molecule has 8 heteroatoms. The van der Waals surface area contributed by atoms with Crippen molar-refractivity contribution in [3.8, 4) is 0 Å². The van der Waals surface area contributed by atoms with Crippen LogP contribution in [0.3, 0.4) is 0 Å². The molecule has 1 aromatic carbocycles. The minimum atomic E-state index is -0.130. The van der Waals surface area contributed by atoms with Gasteiger partial charge in [-0.25, -0.2) is 9.78 Å². The molecule has 0 unspecified atom stereocenters. The lowest BCUT2D eigenvalue weighted by molar-refractivity contribution is 0.246. The van der Waals surface area contributed by atoms with Gasteiger partial charge in [-0.15, -0.1) is 0 Å². The van der Waals surface area contributed by atoms with Crippen LogP contribution in [0.5, 0.6) is 0 Å². The fraction of sp³-hybridized carbons (Fsp3) is 0.409. The Kier molecular flexibility index (Phi) is 6.32. The van der Waals surface area contributed by atoms with Gasteiger partial charge in [-0.05, 0) is 55.2 Å². The topological polar surface area (TPSA) is 82.2 Å². The highest BCUT2D eigenvalue weighted by atomic mass is 32.1. The fourth-order valence-electron chi connectivity index (χ4n) is 3.91. The number of fused-ring (bicyclic) bond motifs is 1. The summed E-state index contributed by atoms with van der Waals surface area (Å²) >= 11 is 1.57. The second kappa shape index (κ2) is 9.30. The second-order valence-corrected chi connectivity index (χ2v) is 8.77. The Bertz CT molecular complexity index is 982. The number of para-hydroxylation sites is 1. The zero-order valence-corrected chi connectivity index (χ0v) is 18.2. The van der Waals surface area contributed by atoms with E-state index in [1.165, 1.54) is 0 Å². The monoisotopic (exact) mass is 424 g/mol. The first-order valence-corrected chi connectivity index (χ1v) is 11.3. The second-order valence-electron chi connectivity index (χ2n) is 7.99. The SMILES string of the molecule is CN(C)c1nc(NC2CCC(CNC(=O)Nc3ccsc3)CC2)nc2ccccc12. The minimum absolute atomic E-state index is 0.130. The third kappa shape index (κ3) is 4.99. The van der Waals surface area contributed by atoms with Crippen LogP contribution in [-0.4, -0.2) is 42.7 Å². The van der Waals surface area contributed by atoms with E-state index in [1.807, 2.05) is 54.0 Å². The molecule has 0 bridgehead atoms. The molecule has 2 amide bonds. The smallest absolute Gasteiger partial charge is 0.319 e. The van der Waals surface area contributed by atoms with E-state index in [0.29, 0.717) is 24.5 Å². The maximum Gasteiger partial charge on any atom is 0.319 e. The summed E-state index contributed by atoms with van der Waals surface area (Å²) in [7, 11) is 4.01. The first-order chi connectivity index (χ1) is 14.6. The molecular formula is C22H28N6OS. The standard InChI is InChI=1S/C22H28N6OS/c1-28(2)20-18-5-3-4-6-19(18)26-21(27-20)24-16-9-7-15(8-10-16)13-23-22(29)25-17-11-12-30-14-17/h3-6,11-12,14-16H,7-10,13H2,1-2H3,(H2,23,25,29)(H,24,26,27). The summed E-state index contributed by atoms with van der Waals surface area (Å²) in [6.45, 7) is 0.708. The Morgan fingerprint density at radius 2 is 1.93 bits per heavy atom. The number of carbonyl (C=O) groups is 1. The summed E-state index contributed by atoms with van der Waals surface area (Å²) in [4.78, 5) is 23.5. The van der Waals surface area contributed by atoms with Crippen LogP contribution in [0.15, 0.2) is 41.1 Å². The molecular weight excluding hydrogens is 396 g/mol. The molecule has 7 nitrogen and oxygen atoms in total. The van der Waals surface area contributed by atoms with Gasteiger partial charge in [0.15, 0.2) is 0 Å². The molecule has 2 aromatic heterocycles. The Balaban J connectivity index is 1.29. The molecule has 4 rings (SSSR count). The number of amides is 2. The molecule has 0 aliphatic heterocycles. The maximum absolute atomic E-state index is 12.0. The molecule has 1 fully saturated rings. The van der Waals surface area contributed by atoms with Crippen molar-refractivity contribution in [3.63, 3.8) is 0 Å². The van der Waals surface area contributed by atoms with Crippen LogP contribution >= 0.6 is 11.3 Å². The van der Waals surface area contributed by atoms with Gasteiger partial charge in [-0.1, -0.05) is 12.1 Å². The fourth-order valence-corrected chi connectivity index (χ4v) is 4.49. The van der Waals surface area contributed by atoms with Crippen molar-refractivity contribution in [2.45, 2.75) is 31.7 Å². The van der Waals surface area contributed by atoms with Crippen molar-refractivity contribution in [2.75, 3.05) is 36.2 Å². The third-order valence-corrected chi connectivity index (χ3v) is 6.20. The van der Waals surface area contributed by atoms with E-state index in [4.69, 9.17) is 9.97 Å². The minimum Gasteiger partial charge on any atom is -0.362 e. The average Bonchev–Trinajstić information content (AvgIpc) is 3.25. The molecule has 3 aromatic rings. The highest BCUT2D eigenvalue weighted by Crippen LogP contribution is 2.28. The van der Waals surface area contributed by atoms with Crippen LogP contribution in [0.25, 0.3) is 10.9 Å². The molecule has 1 aliphatic rings. The third-order valence-electron chi connectivity index (χ3n) is 5.52. The van der Waals surface area contributed by atoms with Gasteiger partial charge < -0.3 is 20.9 Å². The van der Waals surface area contributed by atoms with Crippen LogP contribution in [0.4, 0.5) is 22.2 Å². The lowest BCUT2D eigenvalue weighted by atomic mass is 9.86. The van der Waals surface area contributed by atoms with E-state index >= 15 is 0 Å². The molecule has 0 atom stereocenters. The normalized spacial score (nSPS) is 18.7. The summed E-state index contributed by atoms with van der Waals surface area (Å²) < 4.78 is 0. The van der Waals surface area contributed by atoms with Gasteiger partial charge in [-0.2, -0.15) is 16.3 Å². The highest BCUT2D eigenvalue weighted by Gasteiger charge is 2.22. The van der Waals surface area contributed by atoms with Crippen LogP contribution < -0.4 is 20.9 Å². The van der Waals surface area contributed by atoms with Crippen molar-refractivity contribution in [1.29, 1.82) is 0 Å². The number of nitrogens with one attached hydrogen (secondary N) is 3. The van der Waals surface area contributed by atoms with Gasteiger partial charge in [-0.3, -0.25) is 0 Å². The summed E-state index contributed by atoms with van der Waals surface area (Å²) in [6.07, 6.45) is 4.24. The molecule has 0 saturated heterocycles. The van der Waals surface area contributed by atoms with E-state index in [-0.39, 0.29) is 6.03 Å². The van der Waals surface area contributed by atoms with Gasteiger partial charge in [0.2, 0.25) is 5.95 Å². The van der Waals surface area contributed by atoms with Crippen LogP contribution in [-0.2, 0) is 0 Å². The Hall–Kier alpha value is -2.87. The van der Waals surface area contributed by atoms with Gasteiger partial charge in [0.25, 0.3) is 0 Å². The molecule has 30 heavy (non-hydrogen) atoms. The number of hydrogen-bond acceptors (Lipinski definition) is 6. The van der Waals surface area contributed by atoms with E-state index in [0.717, 1.165) is 48.1 Å². The summed E-state index contributed by atoms with van der Waals surface area (Å²) in [5.74, 6) is 2.12. The maximum atomic E-state index is 12.0. The van der Waals surface area contributed by atoms with Gasteiger partial charge >= 0.3 is 6.03 Å². The molecule has 1 aliphatic carbocycles. The van der Waals surface area contributed by atoms with Gasteiger partial charge in [0.05, 0.1) is 11.2 Å². The lowest BCUT2D eigenvalue weighted by Crippen LogP contribution is -2.36. The number of aromatic nitrogens is 2. The van der Waals surface area contributed by atoms with Crippen molar-refractivity contribution >= 4 is 45.7 Å². The quantitative estimate of drug-likeness (QED) is 0.541. The Labute approximate surface area is 180 Å². The summed E-state index contributed by atoms with van der Waals surface area (Å²) in [5, 5.41) is 14.3. The number of nitrogens with zero attached hydrogens (tertiary/aromatic N) is 3. The number of hydrogen-bond donors (Lipinski definition) is 3. The van der Waals surface area contributed by atoms with E-state index < -0.39 is 0 Å². The largest absolute Gasteiger partial charge is 0.362 e. The van der Waals surface area contributed by atoms with Crippen molar-refractivity contribution in [3.05, 3.63) is 41.1 Å². The number of urea groups is 1. The molecule has 1 saturated carbocycles. The zero-order valence-electron chi connectivity index (χ0n) is 17.4. The predicted molar refractivity (Wildman–Crippen MR) is 125 cm³/mol. The van der Waals surface area contributed by atoms with E-state index in [9.17, 15) is 4.79 Å². The van der Waals surface area contributed by atoms with Crippen LogP contribution in [0.2, 0.25) is 0 Å². The van der Waals surface area contributed by atoms with E-state index in [1.54, 1.807) is 11.3 Å². The van der Waals surface area contributed by atoms with Crippen LogP contribution in [0.1, 0.15) is 25.7 Å². The average molecular weight is 425 g/mol. The van der Waals surface area contributed by atoms with Gasteiger partial charge in [0, 0.05) is 37.4 Å². The van der Waals surface area contributed by atoms with Crippen molar-refractivity contribution in [2.24, 2.45) is 5.92 Å². The predicted octanol–water partition coefficient (Wildman–Crippen LogP) is 4.55. The Morgan fingerprint density at radius 3 is 2.67 bits per heavy atom. The van der Waals surface area contributed by atoms with Crippen LogP contribution in [0, 0.1) is 5.92 Å².